The second kappa shape index (κ2) is 6.08. The molecule has 0 amide bonds. The van der Waals surface area contributed by atoms with E-state index in [2.05, 4.69) is 0 Å². The first kappa shape index (κ1) is 12.5. The monoisotopic (exact) mass is 219 g/mol. The van der Waals surface area contributed by atoms with Gasteiger partial charge in [-0.1, -0.05) is 24.3 Å². The Morgan fingerprint density at radius 1 is 1.50 bits per heavy atom. The van der Waals surface area contributed by atoms with Crippen LogP contribution in [0.4, 0.5) is 0 Å². The third-order valence-corrected chi connectivity index (χ3v) is 2.17. The van der Waals surface area contributed by atoms with Crippen LogP contribution in [0.15, 0.2) is 29.8 Å². The van der Waals surface area contributed by atoms with Crippen LogP contribution in [0.1, 0.15) is 25.0 Å². The molecule has 16 heavy (non-hydrogen) atoms. The molecule has 2 N–H and O–H groups in total. The molecule has 0 unspecified atom stereocenters. The molecule has 0 bridgehead atoms. The minimum Gasteiger partial charge on any atom is -0.463 e. The number of benzene rings is 1. The molecule has 0 aromatic heterocycles. The standard InChI is InChI=1S/C13H17NO2/c1-3-16-13(15)10(2)7-11-5-4-6-12(8-11)9-14/h4-8H,3,9,14H2,1-2H3/b10-7+. The van der Waals surface area contributed by atoms with Crippen molar-refractivity contribution in [2.45, 2.75) is 20.4 Å². The maximum Gasteiger partial charge on any atom is 0.333 e. The molecule has 0 radical (unpaired) electrons. The van der Waals surface area contributed by atoms with Gasteiger partial charge in [-0.3, -0.25) is 0 Å². The van der Waals surface area contributed by atoms with Gasteiger partial charge in [-0.2, -0.15) is 0 Å². The fourth-order valence-electron chi connectivity index (χ4n) is 1.36. The lowest BCUT2D eigenvalue weighted by molar-refractivity contribution is -0.138. The van der Waals surface area contributed by atoms with E-state index in [9.17, 15) is 4.79 Å². The molecule has 0 saturated carbocycles. The molecule has 0 saturated heterocycles. The molecule has 1 aromatic rings. The maximum absolute atomic E-state index is 11.4. The molecule has 1 rings (SSSR count). The summed E-state index contributed by atoms with van der Waals surface area (Å²) in [7, 11) is 0. The summed E-state index contributed by atoms with van der Waals surface area (Å²) in [6.45, 7) is 4.43. The lowest BCUT2D eigenvalue weighted by Gasteiger charge is -2.02. The number of carbonyl (C=O) groups is 1. The van der Waals surface area contributed by atoms with Crippen molar-refractivity contribution in [3.05, 3.63) is 41.0 Å². The molecular weight excluding hydrogens is 202 g/mol. The lowest BCUT2D eigenvalue weighted by Crippen LogP contribution is -2.04. The number of hydrogen-bond acceptors (Lipinski definition) is 3. The Labute approximate surface area is 95.9 Å². The highest BCUT2D eigenvalue weighted by atomic mass is 16.5. The SMILES string of the molecule is CCOC(=O)/C(C)=C/c1cccc(CN)c1. The van der Waals surface area contributed by atoms with Crippen molar-refractivity contribution in [2.24, 2.45) is 5.73 Å². The van der Waals surface area contributed by atoms with Crippen molar-refractivity contribution in [3.8, 4) is 0 Å². The smallest absolute Gasteiger partial charge is 0.333 e. The fourth-order valence-corrected chi connectivity index (χ4v) is 1.36. The molecule has 0 spiro atoms. The van der Waals surface area contributed by atoms with Crippen molar-refractivity contribution < 1.29 is 9.53 Å². The van der Waals surface area contributed by atoms with E-state index in [-0.39, 0.29) is 5.97 Å². The van der Waals surface area contributed by atoms with Crippen molar-refractivity contribution in [2.75, 3.05) is 6.61 Å². The summed E-state index contributed by atoms with van der Waals surface area (Å²) in [5, 5.41) is 0. The van der Waals surface area contributed by atoms with E-state index in [4.69, 9.17) is 10.5 Å². The van der Waals surface area contributed by atoms with E-state index in [1.165, 1.54) is 0 Å². The predicted molar refractivity (Wildman–Crippen MR) is 64.6 cm³/mol. The van der Waals surface area contributed by atoms with Crippen LogP contribution in [0, 0.1) is 0 Å². The lowest BCUT2D eigenvalue weighted by atomic mass is 10.1. The largest absolute Gasteiger partial charge is 0.463 e. The van der Waals surface area contributed by atoms with E-state index >= 15 is 0 Å². The highest BCUT2D eigenvalue weighted by Crippen LogP contribution is 2.10. The molecule has 86 valence electrons. The fraction of sp³-hybridized carbons (Fsp3) is 0.308. The van der Waals surface area contributed by atoms with Gasteiger partial charge >= 0.3 is 5.97 Å². The molecule has 0 aliphatic heterocycles. The van der Waals surface area contributed by atoms with Gasteiger partial charge in [0.2, 0.25) is 0 Å². The van der Waals surface area contributed by atoms with Gasteiger partial charge in [0, 0.05) is 12.1 Å². The summed E-state index contributed by atoms with van der Waals surface area (Å²) in [5.74, 6) is -0.277. The highest BCUT2D eigenvalue weighted by molar-refractivity contribution is 5.92. The van der Waals surface area contributed by atoms with Crippen LogP contribution in [0.5, 0.6) is 0 Å². The van der Waals surface area contributed by atoms with Gasteiger partial charge in [0.15, 0.2) is 0 Å². The number of ether oxygens (including phenoxy) is 1. The Kier molecular flexibility index (Phi) is 4.73. The molecule has 0 aliphatic carbocycles. The van der Waals surface area contributed by atoms with Gasteiger partial charge in [0.1, 0.15) is 0 Å². The Bertz CT molecular complexity index is 397. The maximum atomic E-state index is 11.4. The van der Waals surface area contributed by atoms with Crippen molar-refractivity contribution in [3.63, 3.8) is 0 Å². The van der Waals surface area contributed by atoms with Crippen LogP contribution >= 0.6 is 0 Å². The van der Waals surface area contributed by atoms with Crippen LogP contribution in [0.2, 0.25) is 0 Å². The first-order valence-corrected chi connectivity index (χ1v) is 5.31. The van der Waals surface area contributed by atoms with Crippen LogP contribution in [-0.2, 0) is 16.1 Å². The quantitative estimate of drug-likeness (QED) is 0.623. The van der Waals surface area contributed by atoms with Gasteiger partial charge in [-0.05, 0) is 31.1 Å². The summed E-state index contributed by atoms with van der Waals surface area (Å²) < 4.78 is 4.90. The van der Waals surface area contributed by atoms with E-state index in [0.717, 1.165) is 11.1 Å². The van der Waals surface area contributed by atoms with E-state index in [1.807, 2.05) is 24.3 Å². The van der Waals surface area contributed by atoms with Crippen molar-refractivity contribution >= 4 is 12.0 Å². The Morgan fingerprint density at radius 3 is 2.88 bits per heavy atom. The third-order valence-electron chi connectivity index (χ3n) is 2.17. The zero-order valence-corrected chi connectivity index (χ0v) is 9.69. The van der Waals surface area contributed by atoms with Crippen molar-refractivity contribution in [1.29, 1.82) is 0 Å². The van der Waals surface area contributed by atoms with Crippen molar-refractivity contribution in [1.82, 2.24) is 0 Å². The molecule has 0 heterocycles. The number of nitrogens with two attached hydrogens (primary N) is 1. The second-order valence-electron chi connectivity index (χ2n) is 3.50. The Morgan fingerprint density at radius 2 is 2.25 bits per heavy atom. The predicted octanol–water partition coefficient (Wildman–Crippen LogP) is 2.11. The molecule has 3 heteroatoms. The van der Waals surface area contributed by atoms with E-state index in [0.29, 0.717) is 18.7 Å². The first-order chi connectivity index (χ1) is 7.67. The third kappa shape index (κ3) is 3.51. The van der Waals surface area contributed by atoms with E-state index < -0.39 is 0 Å². The number of esters is 1. The first-order valence-electron chi connectivity index (χ1n) is 5.31. The Balaban J connectivity index is 2.84. The summed E-state index contributed by atoms with van der Waals surface area (Å²) >= 11 is 0. The summed E-state index contributed by atoms with van der Waals surface area (Å²) in [4.78, 5) is 11.4. The summed E-state index contributed by atoms with van der Waals surface area (Å²) in [5.41, 5.74) is 8.15. The van der Waals surface area contributed by atoms with Gasteiger partial charge in [-0.15, -0.1) is 0 Å². The topological polar surface area (TPSA) is 52.3 Å². The zero-order chi connectivity index (χ0) is 12.0. The van der Waals surface area contributed by atoms with Gasteiger partial charge in [0.25, 0.3) is 0 Å². The minimum atomic E-state index is -0.277. The molecule has 1 aromatic carbocycles. The van der Waals surface area contributed by atoms with Gasteiger partial charge in [0.05, 0.1) is 6.61 Å². The molecule has 3 nitrogen and oxygen atoms in total. The summed E-state index contributed by atoms with van der Waals surface area (Å²) in [6, 6.07) is 7.77. The zero-order valence-electron chi connectivity index (χ0n) is 9.69. The number of rotatable bonds is 4. The number of hydrogen-bond donors (Lipinski definition) is 1. The van der Waals surface area contributed by atoms with Crippen LogP contribution in [0.3, 0.4) is 0 Å². The average molecular weight is 219 g/mol. The van der Waals surface area contributed by atoms with Gasteiger partial charge < -0.3 is 10.5 Å². The normalized spacial score (nSPS) is 11.3. The molecule has 0 fully saturated rings. The molecular formula is C13H17NO2. The molecule has 0 aliphatic rings. The number of carbonyl (C=O) groups excluding carboxylic acids is 1. The Hall–Kier alpha value is -1.61. The van der Waals surface area contributed by atoms with Crippen LogP contribution in [-0.4, -0.2) is 12.6 Å². The highest BCUT2D eigenvalue weighted by Gasteiger charge is 2.04. The van der Waals surface area contributed by atoms with Crippen LogP contribution < -0.4 is 5.73 Å². The minimum absolute atomic E-state index is 0.277. The van der Waals surface area contributed by atoms with Gasteiger partial charge in [-0.25, -0.2) is 4.79 Å². The molecule has 0 atom stereocenters. The second-order valence-corrected chi connectivity index (χ2v) is 3.50. The van der Waals surface area contributed by atoms with Crippen LogP contribution in [0.25, 0.3) is 6.08 Å². The summed E-state index contributed by atoms with van der Waals surface area (Å²) in [6.07, 6.45) is 1.80. The average Bonchev–Trinajstić information content (AvgIpc) is 2.29. The van der Waals surface area contributed by atoms with E-state index in [1.54, 1.807) is 19.9 Å².